The Labute approximate surface area is 99.0 Å². The Morgan fingerprint density at radius 2 is 1.82 bits per heavy atom. The second-order valence-electron chi connectivity index (χ2n) is 4.74. The van der Waals surface area contributed by atoms with Crippen molar-refractivity contribution in [3.05, 3.63) is 59.2 Å². The molecule has 0 N–H and O–H groups in total. The molecule has 0 atom stereocenters. The highest BCUT2D eigenvalue weighted by atomic mass is 16.1. The van der Waals surface area contributed by atoms with Crippen LogP contribution in [0.4, 0.5) is 0 Å². The minimum atomic E-state index is 0.218. The lowest BCUT2D eigenvalue weighted by molar-refractivity contribution is 0.103. The third-order valence-corrected chi connectivity index (χ3v) is 3.77. The number of aromatic nitrogens is 2. The number of fused-ring (bicyclic) bond motifs is 2. The molecule has 2 aliphatic rings. The number of nitrogens with zero attached hydrogens (tertiary/aromatic N) is 2. The SMILES string of the molecule is O=C1/C(=C2\Cc3cccn3C2)Cn2cccc21. The second-order valence-corrected chi connectivity index (χ2v) is 4.74. The molecule has 0 aromatic carbocycles. The van der Waals surface area contributed by atoms with Gasteiger partial charge in [0, 0.05) is 36.6 Å². The summed E-state index contributed by atoms with van der Waals surface area (Å²) in [5, 5.41) is 0. The van der Waals surface area contributed by atoms with Gasteiger partial charge in [0.15, 0.2) is 0 Å². The fourth-order valence-electron chi connectivity index (χ4n) is 2.87. The van der Waals surface area contributed by atoms with Crippen LogP contribution in [-0.2, 0) is 19.5 Å². The summed E-state index contributed by atoms with van der Waals surface area (Å²) in [6, 6.07) is 8.04. The van der Waals surface area contributed by atoms with Gasteiger partial charge in [0.2, 0.25) is 5.78 Å². The van der Waals surface area contributed by atoms with Crippen molar-refractivity contribution in [3.63, 3.8) is 0 Å². The molecule has 17 heavy (non-hydrogen) atoms. The molecule has 84 valence electrons. The van der Waals surface area contributed by atoms with Crippen molar-refractivity contribution in [1.82, 2.24) is 9.13 Å². The van der Waals surface area contributed by atoms with E-state index in [-0.39, 0.29) is 5.78 Å². The van der Waals surface area contributed by atoms with E-state index in [2.05, 4.69) is 22.9 Å². The first-order valence-corrected chi connectivity index (χ1v) is 5.88. The summed E-state index contributed by atoms with van der Waals surface area (Å²) in [6.45, 7) is 1.63. The molecule has 0 spiro atoms. The summed E-state index contributed by atoms with van der Waals surface area (Å²) in [5.74, 6) is 0.218. The summed E-state index contributed by atoms with van der Waals surface area (Å²) in [5.41, 5.74) is 4.44. The van der Waals surface area contributed by atoms with Gasteiger partial charge in [0.25, 0.3) is 0 Å². The van der Waals surface area contributed by atoms with Crippen LogP contribution in [0.15, 0.2) is 47.8 Å². The molecule has 0 saturated carbocycles. The highest BCUT2D eigenvalue weighted by Gasteiger charge is 2.29. The number of carbonyl (C=O) groups excluding carboxylic acids is 1. The molecule has 2 aromatic rings. The van der Waals surface area contributed by atoms with Crippen molar-refractivity contribution < 1.29 is 4.79 Å². The fourth-order valence-corrected chi connectivity index (χ4v) is 2.87. The summed E-state index contributed by atoms with van der Waals surface area (Å²) >= 11 is 0. The van der Waals surface area contributed by atoms with E-state index in [1.54, 1.807) is 0 Å². The zero-order chi connectivity index (χ0) is 11.4. The third kappa shape index (κ3) is 1.14. The largest absolute Gasteiger partial charge is 0.347 e. The standard InChI is InChI=1S/C14H12N2O/c17-14-12(9-16-6-2-4-13(14)16)10-7-11-3-1-5-15(11)8-10/h1-6H,7-9H2/b12-10+. The van der Waals surface area contributed by atoms with Gasteiger partial charge in [0.1, 0.15) is 0 Å². The zero-order valence-electron chi connectivity index (χ0n) is 9.39. The van der Waals surface area contributed by atoms with E-state index >= 15 is 0 Å². The minimum Gasteiger partial charge on any atom is -0.347 e. The predicted octanol–water partition coefficient (Wildman–Crippen LogP) is 2.04. The summed E-state index contributed by atoms with van der Waals surface area (Å²) in [6.07, 6.45) is 5.00. The van der Waals surface area contributed by atoms with Crippen LogP contribution in [0.5, 0.6) is 0 Å². The van der Waals surface area contributed by atoms with Gasteiger partial charge in [-0.3, -0.25) is 4.79 Å². The van der Waals surface area contributed by atoms with Crippen molar-refractivity contribution in [2.75, 3.05) is 0 Å². The lowest BCUT2D eigenvalue weighted by Gasteiger charge is -2.01. The van der Waals surface area contributed by atoms with Crippen molar-refractivity contribution in [2.24, 2.45) is 0 Å². The average molecular weight is 224 g/mol. The Bertz CT molecular complexity index is 635. The maximum Gasteiger partial charge on any atom is 0.207 e. The van der Waals surface area contributed by atoms with E-state index in [0.717, 1.165) is 30.8 Å². The normalized spacial score (nSPS) is 22.0. The summed E-state index contributed by atoms with van der Waals surface area (Å²) in [4.78, 5) is 12.2. The van der Waals surface area contributed by atoms with E-state index in [0.29, 0.717) is 0 Å². The highest BCUT2D eigenvalue weighted by Crippen LogP contribution is 2.29. The van der Waals surface area contributed by atoms with Crippen molar-refractivity contribution >= 4 is 5.78 Å². The number of hydrogen-bond acceptors (Lipinski definition) is 1. The molecular formula is C14H12N2O. The molecule has 0 saturated heterocycles. The summed E-state index contributed by atoms with van der Waals surface area (Å²) in [7, 11) is 0. The van der Waals surface area contributed by atoms with Gasteiger partial charge in [-0.1, -0.05) is 0 Å². The molecule has 3 nitrogen and oxygen atoms in total. The van der Waals surface area contributed by atoms with Crippen LogP contribution in [0.3, 0.4) is 0 Å². The van der Waals surface area contributed by atoms with Gasteiger partial charge in [0.05, 0.1) is 12.2 Å². The lowest BCUT2D eigenvalue weighted by Crippen LogP contribution is -2.02. The molecule has 0 bridgehead atoms. The van der Waals surface area contributed by atoms with E-state index in [1.807, 2.05) is 22.9 Å². The van der Waals surface area contributed by atoms with E-state index in [9.17, 15) is 4.79 Å². The van der Waals surface area contributed by atoms with Crippen LogP contribution in [0, 0.1) is 0 Å². The van der Waals surface area contributed by atoms with Crippen molar-refractivity contribution in [3.8, 4) is 0 Å². The van der Waals surface area contributed by atoms with Gasteiger partial charge in [-0.05, 0) is 29.8 Å². The Balaban J connectivity index is 1.77. The molecule has 2 aliphatic heterocycles. The molecule has 4 heterocycles. The number of hydrogen-bond donors (Lipinski definition) is 0. The first-order valence-electron chi connectivity index (χ1n) is 5.88. The second kappa shape index (κ2) is 3.00. The average Bonchev–Trinajstić information content (AvgIpc) is 2.98. The maximum absolute atomic E-state index is 12.2. The van der Waals surface area contributed by atoms with Crippen molar-refractivity contribution in [1.29, 1.82) is 0 Å². The third-order valence-electron chi connectivity index (χ3n) is 3.77. The minimum absolute atomic E-state index is 0.218. The van der Waals surface area contributed by atoms with Crippen LogP contribution >= 0.6 is 0 Å². The molecular weight excluding hydrogens is 212 g/mol. The Hall–Kier alpha value is -2.03. The van der Waals surface area contributed by atoms with Gasteiger partial charge in [-0.2, -0.15) is 0 Å². The smallest absolute Gasteiger partial charge is 0.207 e. The van der Waals surface area contributed by atoms with Crippen LogP contribution in [0.2, 0.25) is 0 Å². The Morgan fingerprint density at radius 1 is 1.00 bits per heavy atom. The molecule has 0 unspecified atom stereocenters. The molecule has 4 rings (SSSR count). The Kier molecular flexibility index (Phi) is 1.60. The molecule has 2 aromatic heterocycles. The van der Waals surface area contributed by atoms with Gasteiger partial charge >= 0.3 is 0 Å². The fraction of sp³-hybridized carbons (Fsp3) is 0.214. The number of carbonyl (C=O) groups is 1. The molecule has 0 radical (unpaired) electrons. The molecule has 0 aliphatic carbocycles. The van der Waals surface area contributed by atoms with Crippen LogP contribution < -0.4 is 0 Å². The molecule has 0 fully saturated rings. The van der Waals surface area contributed by atoms with Crippen LogP contribution in [0.1, 0.15) is 16.2 Å². The summed E-state index contributed by atoms with van der Waals surface area (Å²) < 4.78 is 4.27. The number of Topliss-reactive ketones (excluding diaryl/α,β-unsaturated/α-hetero) is 1. The van der Waals surface area contributed by atoms with E-state index in [1.165, 1.54) is 11.3 Å². The number of ketones is 1. The maximum atomic E-state index is 12.2. The Morgan fingerprint density at radius 3 is 2.65 bits per heavy atom. The topological polar surface area (TPSA) is 26.9 Å². The quantitative estimate of drug-likeness (QED) is 0.629. The van der Waals surface area contributed by atoms with Gasteiger partial charge in [-0.25, -0.2) is 0 Å². The van der Waals surface area contributed by atoms with E-state index in [4.69, 9.17) is 0 Å². The highest BCUT2D eigenvalue weighted by molar-refractivity contribution is 6.10. The first kappa shape index (κ1) is 9.05. The number of rotatable bonds is 0. The monoisotopic (exact) mass is 224 g/mol. The predicted molar refractivity (Wildman–Crippen MR) is 63.9 cm³/mol. The van der Waals surface area contributed by atoms with Gasteiger partial charge < -0.3 is 9.13 Å². The van der Waals surface area contributed by atoms with Gasteiger partial charge in [-0.15, -0.1) is 0 Å². The van der Waals surface area contributed by atoms with Crippen LogP contribution in [0.25, 0.3) is 0 Å². The number of allylic oxidation sites excluding steroid dienone is 2. The molecule has 3 heteroatoms. The lowest BCUT2D eigenvalue weighted by atomic mass is 10.0. The molecule has 0 amide bonds. The van der Waals surface area contributed by atoms with Crippen LogP contribution in [-0.4, -0.2) is 14.9 Å². The van der Waals surface area contributed by atoms with E-state index < -0.39 is 0 Å². The zero-order valence-corrected chi connectivity index (χ0v) is 9.39. The van der Waals surface area contributed by atoms with Crippen molar-refractivity contribution in [2.45, 2.75) is 19.5 Å². The first-order chi connectivity index (χ1) is 8.33.